The van der Waals surface area contributed by atoms with Crippen molar-refractivity contribution in [1.29, 1.82) is 0 Å². The maximum absolute atomic E-state index is 13.6. The average Bonchev–Trinajstić information content (AvgIpc) is 3.31. The molecular formula is C27H23ClN4O3. The molecule has 0 spiro atoms. The molecule has 0 saturated heterocycles. The van der Waals surface area contributed by atoms with Crippen LogP contribution in [0.1, 0.15) is 17.3 Å². The molecule has 4 rings (SSSR count). The Morgan fingerprint density at radius 3 is 2.60 bits per heavy atom. The molecule has 2 N–H and O–H groups in total. The number of hydrogen-bond acceptors (Lipinski definition) is 4. The lowest BCUT2D eigenvalue weighted by molar-refractivity contribution is -0.125. The Morgan fingerprint density at radius 1 is 1.14 bits per heavy atom. The number of halogens is 1. The predicted molar refractivity (Wildman–Crippen MR) is 136 cm³/mol. The van der Waals surface area contributed by atoms with Gasteiger partial charge in [0.2, 0.25) is 5.91 Å². The molecule has 0 radical (unpaired) electrons. The summed E-state index contributed by atoms with van der Waals surface area (Å²) in [5.74, 6) is 1.46. The second kappa shape index (κ2) is 10.8. The second-order valence-corrected chi connectivity index (χ2v) is 8.13. The Hall–Kier alpha value is -4.28. The highest BCUT2D eigenvalue weighted by Crippen LogP contribution is 2.35. The van der Waals surface area contributed by atoms with Gasteiger partial charge in [-0.3, -0.25) is 19.6 Å². The molecule has 1 aromatic heterocycles. The fraction of sp³-hybridized carbons (Fsp3) is 0.148. The fourth-order valence-electron chi connectivity index (χ4n) is 3.90. The molecule has 2 amide bonds. The zero-order valence-corrected chi connectivity index (χ0v) is 19.8. The highest BCUT2D eigenvalue weighted by Gasteiger charge is 2.35. The number of fused-ring (bicyclic) bond motifs is 1. The van der Waals surface area contributed by atoms with Gasteiger partial charge in [0, 0.05) is 17.6 Å². The molecule has 0 aliphatic heterocycles. The zero-order valence-electron chi connectivity index (χ0n) is 19.0. The number of benzene rings is 3. The summed E-state index contributed by atoms with van der Waals surface area (Å²) in [5.41, 5.74) is 2.52. The number of carbonyl (C=O) groups is 2. The summed E-state index contributed by atoms with van der Waals surface area (Å²) in [7, 11) is 1.49. The first-order valence-corrected chi connectivity index (χ1v) is 11.3. The number of anilines is 1. The van der Waals surface area contributed by atoms with E-state index in [1.165, 1.54) is 12.0 Å². The van der Waals surface area contributed by atoms with Crippen LogP contribution in [-0.4, -0.2) is 35.7 Å². The van der Waals surface area contributed by atoms with E-state index < -0.39 is 17.9 Å². The van der Waals surface area contributed by atoms with Gasteiger partial charge < -0.3 is 10.1 Å². The smallest absolute Gasteiger partial charge is 0.303 e. The first kappa shape index (κ1) is 23.9. The van der Waals surface area contributed by atoms with Gasteiger partial charge in [0.15, 0.2) is 6.04 Å². The summed E-state index contributed by atoms with van der Waals surface area (Å²) in [4.78, 5) is 27.9. The quantitative estimate of drug-likeness (QED) is 0.364. The number of ether oxygens (including phenoxy) is 1. The first-order chi connectivity index (χ1) is 17.0. The van der Waals surface area contributed by atoms with Crippen LogP contribution in [0.2, 0.25) is 5.02 Å². The van der Waals surface area contributed by atoms with Crippen molar-refractivity contribution in [3.8, 4) is 18.1 Å². The first-order valence-electron chi connectivity index (χ1n) is 10.9. The van der Waals surface area contributed by atoms with Crippen LogP contribution in [0.15, 0.2) is 72.8 Å². The van der Waals surface area contributed by atoms with Gasteiger partial charge in [0.25, 0.3) is 0 Å². The van der Waals surface area contributed by atoms with Crippen molar-refractivity contribution in [2.24, 2.45) is 0 Å². The van der Waals surface area contributed by atoms with E-state index in [9.17, 15) is 9.59 Å². The summed E-state index contributed by atoms with van der Waals surface area (Å²) in [6.07, 6.45) is 6.15. The average molecular weight is 487 g/mol. The van der Waals surface area contributed by atoms with Crippen LogP contribution < -0.4 is 15.0 Å². The van der Waals surface area contributed by atoms with Crippen molar-refractivity contribution in [3.63, 3.8) is 0 Å². The molecule has 0 saturated carbocycles. The van der Waals surface area contributed by atoms with E-state index in [1.807, 2.05) is 54.6 Å². The summed E-state index contributed by atoms with van der Waals surface area (Å²) >= 11 is 6.34. The Balaban J connectivity index is 1.75. The number of rotatable bonds is 8. The number of amides is 2. The van der Waals surface area contributed by atoms with E-state index in [1.54, 1.807) is 18.2 Å². The van der Waals surface area contributed by atoms with E-state index in [4.69, 9.17) is 22.8 Å². The van der Waals surface area contributed by atoms with Gasteiger partial charge in [-0.15, -0.1) is 6.42 Å². The molecule has 176 valence electrons. The second-order valence-electron chi connectivity index (χ2n) is 7.72. The van der Waals surface area contributed by atoms with E-state index in [-0.39, 0.29) is 5.02 Å². The van der Waals surface area contributed by atoms with Crippen molar-refractivity contribution in [2.75, 3.05) is 18.6 Å². The van der Waals surface area contributed by atoms with E-state index in [0.29, 0.717) is 41.0 Å². The normalized spacial score (nSPS) is 11.5. The van der Waals surface area contributed by atoms with Gasteiger partial charge in [-0.25, -0.2) is 0 Å². The van der Waals surface area contributed by atoms with Gasteiger partial charge in [-0.2, -0.15) is 5.10 Å². The largest absolute Gasteiger partial charge is 0.495 e. The Kier molecular flexibility index (Phi) is 7.34. The van der Waals surface area contributed by atoms with E-state index >= 15 is 0 Å². The lowest BCUT2D eigenvalue weighted by Gasteiger charge is -2.29. The monoisotopic (exact) mass is 486 g/mol. The molecule has 4 aromatic rings. The maximum Gasteiger partial charge on any atom is 0.303 e. The molecule has 8 heteroatoms. The van der Waals surface area contributed by atoms with Crippen LogP contribution in [0.4, 0.5) is 5.69 Å². The molecule has 1 unspecified atom stereocenters. The summed E-state index contributed by atoms with van der Waals surface area (Å²) in [5, 5.41) is 11.2. The Labute approximate surface area is 208 Å². The van der Waals surface area contributed by atoms with Crippen LogP contribution >= 0.6 is 11.6 Å². The fourth-order valence-corrected chi connectivity index (χ4v) is 4.15. The minimum Gasteiger partial charge on any atom is -0.495 e. The third kappa shape index (κ3) is 5.13. The number of aromatic nitrogens is 2. The SMILES string of the molecule is C#CC(=O)N(c1ccc(OC)c(Cl)c1)C(C(=O)NCCc1ccccc1)c1[nH]nc2ccccc12. The van der Waals surface area contributed by atoms with Crippen molar-refractivity contribution < 1.29 is 14.3 Å². The molecule has 0 bridgehead atoms. The van der Waals surface area contributed by atoms with Gasteiger partial charge in [-0.05, 0) is 42.2 Å². The number of H-pyrrole nitrogens is 1. The maximum atomic E-state index is 13.6. The molecule has 7 nitrogen and oxygen atoms in total. The van der Waals surface area contributed by atoms with Crippen LogP contribution in [0.25, 0.3) is 10.9 Å². The van der Waals surface area contributed by atoms with Gasteiger partial charge in [0.05, 0.1) is 23.3 Å². The standard InChI is InChI=1S/C27H23ClN4O3/c1-3-24(33)32(19-13-14-23(35-2)21(28)17-19)26(25-20-11-7-8-12-22(20)30-31-25)27(34)29-16-15-18-9-5-4-6-10-18/h1,4-14,17,26H,15-16H2,2H3,(H,29,34)(H,30,31). The number of hydrogen-bond donors (Lipinski definition) is 2. The lowest BCUT2D eigenvalue weighted by Crippen LogP contribution is -2.44. The van der Waals surface area contributed by atoms with E-state index in [0.717, 1.165) is 5.56 Å². The summed E-state index contributed by atoms with van der Waals surface area (Å²) < 4.78 is 5.23. The van der Waals surface area contributed by atoms with Crippen LogP contribution in [0.3, 0.4) is 0 Å². The molecule has 0 aliphatic rings. The number of aromatic amines is 1. The number of carbonyl (C=O) groups excluding carboxylic acids is 2. The van der Waals surface area contributed by atoms with Crippen molar-refractivity contribution in [1.82, 2.24) is 15.5 Å². The predicted octanol–water partition coefficient (Wildman–Crippen LogP) is 4.29. The number of nitrogens with zero attached hydrogens (tertiary/aromatic N) is 2. The van der Waals surface area contributed by atoms with Crippen molar-refractivity contribution in [3.05, 3.63) is 89.1 Å². The molecule has 0 aliphatic carbocycles. The minimum atomic E-state index is -1.12. The van der Waals surface area contributed by atoms with Gasteiger partial charge in [0.1, 0.15) is 5.75 Å². The van der Waals surface area contributed by atoms with Crippen molar-refractivity contribution >= 4 is 40.0 Å². The number of terminal acetylenes is 1. The Bertz CT molecular complexity index is 1390. The summed E-state index contributed by atoms with van der Waals surface area (Å²) in [6.45, 7) is 0.368. The van der Waals surface area contributed by atoms with Crippen LogP contribution in [0, 0.1) is 12.3 Å². The lowest BCUT2D eigenvalue weighted by atomic mass is 10.0. The minimum absolute atomic E-state index is 0.275. The third-order valence-corrected chi connectivity index (χ3v) is 5.88. The van der Waals surface area contributed by atoms with E-state index in [2.05, 4.69) is 21.4 Å². The molecular weight excluding hydrogens is 464 g/mol. The van der Waals surface area contributed by atoms with Crippen molar-refractivity contribution in [2.45, 2.75) is 12.5 Å². The highest BCUT2D eigenvalue weighted by molar-refractivity contribution is 6.32. The molecule has 0 fully saturated rings. The van der Waals surface area contributed by atoms with Crippen LogP contribution in [0.5, 0.6) is 5.75 Å². The number of nitrogens with one attached hydrogen (secondary N) is 2. The molecule has 1 atom stereocenters. The topological polar surface area (TPSA) is 87.3 Å². The zero-order chi connectivity index (χ0) is 24.8. The van der Waals surface area contributed by atoms with Gasteiger partial charge in [-0.1, -0.05) is 60.1 Å². The third-order valence-electron chi connectivity index (χ3n) is 5.58. The number of para-hydroxylation sites is 1. The summed E-state index contributed by atoms with van der Waals surface area (Å²) in [6, 6.07) is 20.8. The Morgan fingerprint density at radius 2 is 1.89 bits per heavy atom. The van der Waals surface area contributed by atoms with Gasteiger partial charge >= 0.3 is 5.91 Å². The number of methoxy groups -OCH3 is 1. The molecule has 1 heterocycles. The van der Waals surface area contributed by atoms with Crippen LogP contribution in [-0.2, 0) is 16.0 Å². The molecule has 3 aromatic carbocycles. The molecule has 35 heavy (non-hydrogen) atoms. The highest BCUT2D eigenvalue weighted by atomic mass is 35.5.